The normalized spacial score (nSPS) is 10.9. The fourth-order valence-electron chi connectivity index (χ4n) is 3.28. The van der Waals surface area contributed by atoms with Crippen molar-refractivity contribution in [3.8, 4) is 16.8 Å². The predicted molar refractivity (Wildman–Crippen MR) is 126 cm³/mol. The Bertz CT molecular complexity index is 1280. The quantitative estimate of drug-likeness (QED) is 0.440. The highest BCUT2D eigenvalue weighted by Crippen LogP contribution is 2.19. The van der Waals surface area contributed by atoms with E-state index in [1.807, 2.05) is 62.5 Å². The summed E-state index contributed by atoms with van der Waals surface area (Å²) in [6.07, 6.45) is 5.08. The number of nitrogens with zero attached hydrogens (tertiary/aromatic N) is 3. The van der Waals surface area contributed by atoms with Gasteiger partial charge in [-0.15, -0.1) is 0 Å². The molecule has 0 aliphatic carbocycles. The van der Waals surface area contributed by atoms with Crippen LogP contribution in [0.3, 0.4) is 0 Å². The van der Waals surface area contributed by atoms with E-state index in [0.717, 1.165) is 22.4 Å². The molecule has 0 unspecified atom stereocenters. The van der Waals surface area contributed by atoms with Crippen LogP contribution < -0.4 is 10.7 Å². The fraction of sp³-hybridized carbons (Fsp3) is 0.200. The number of nitrogens with one attached hydrogen (secondary N) is 2. The van der Waals surface area contributed by atoms with Gasteiger partial charge in [-0.1, -0.05) is 38.1 Å². The highest BCUT2D eigenvalue weighted by molar-refractivity contribution is 5.84. The molecule has 33 heavy (non-hydrogen) atoms. The van der Waals surface area contributed by atoms with Crippen LogP contribution in [0.4, 0.5) is 10.5 Å². The Morgan fingerprint density at radius 3 is 2.67 bits per heavy atom. The van der Waals surface area contributed by atoms with Crippen molar-refractivity contribution in [2.24, 2.45) is 5.92 Å². The molecule has 2 heterocycles. The van der Waals surface area contributed by atoms with E-state index in [1.54, 1.807) is 23.1 Å². The van der Waals surface area contributed by atoms with Crippen LogP contribution in [0.5, 0.6) is 0 Å². The predicted octanol–water partition coefficient (Wildman–Crippen LogP) is 4.42. The zero-order valence-electron chi connectivity index (χ0n) is 18.5. The minimum Gasteiger partial charge on any atom is -0.449 e. The zero-order valence-corrected chi connectivity index (χ0v) is 18.5. The van der Waals surface area contributed by atoms with Gasteiger partial charge >= 0.3 is 6.09 Å². The minimum absolute atomic E-state index is 0.143. The molecule has 0 saturated heterocycles. The molecule has 0 aliphatic heterocycles. The minimum atomic E-state index is -0.500. The molecule has 8 nitrogen and oxygen atoms in total. The van der Waals surface area contributed by atoms with Gasteiger partial charge in [0.25, 0.3) is 0 Å². The summed E-state index contributed by atoms with van der Waals surface area (Å²) in [5.74, 6) is 0.260. The molecule has 168 valence electrons. The smallest absolute Gasteiger partial charge is 0.411 e. The van der Waals surface area contributed by atoms with E-state index in [9.17, 15) is 9.59 Å². The Kier molecular flexibility index (Phi) is 6.64. The van der Waals surface area contributed by atoms with Gasteiger partial charge in [-0.05, 0) is 41.3 Å². The number of aromatic nitrogens is 4. The summed E-state index contributed by atoms with van der Waals surface area (Å²) >= 11 is 0. The number of carbonyl (C=O) groups is 1. The number of aromatic amines is 1. The lowest BCUT2D eigenvalue weighted by Crippen LogP contribution is -2.17. The summed E-state index contributed by atoms with van der Waals surface area (Å²) in [5.41, 5.74) is 4.60. The number of benzene rings is 2. The number of hydrogen-bond acceptors (Lipinski definition) is 5. The second kappa shape index (κ2) is 9.95. The van der Waals surface area contributed by atoms with Crippen molar-refractivity contribution in [3.63, 3.8) is 0 Å². The zero-order chi connectivity index (χ0) is 23.2. The molecule has 0 spiro atoms. The highest BCUT2D eigenvalue weighted by Gasteiger charge is 2.09. The first-order valence-electron chi connectivity index (χ1n) is 10.7. The second-order valence-corrected chi connectivity index (χ2v) is 8.10. The molecule has 2 aromatic heterocycles. The van der Waals surface area contributed by atoms with E-state index in [2.05, 4.69) is 20.6 Å². The molecule has 2 N–H and O–H groups in total. The Hall–Kier alpha value is -4.20. The van der Waals surface area contributed by atoms with Gasteiger partial charge < -0.3 is 4.74 Å². The second-order valence-electron chi connectivity index (χ2n) is 8.10. The van der Waals surface area contributed by atoms with Crippen LogP contribution >= 0.6 is 0 Å². The third-order valence-electron chi connectivity index (χ3n) is 4.94. The average Bonchev–Trinajstić information content (AvgIpc) is 3.35. The van der Waals surface area contributed by atoms with Crippen LogP contribution in [0.1, 0.15) is 25.1 Å². The Labute approximate surface area is 191 Å². The number of carbonyl (C=O) groups excluding carboxylic acids is 1. The van der Waals surface area contributed by atoms with E-state index < -0.39 is 6.09 Å². The SMILES string of the molecule is CC(C)COC(=O)Nc1cccc(Cc2nn(-c3ccc(-c4cn[nH]c4)cc3)ccc2=O)c1. The van der Waals surface area contributed by atoms with Crippen molar-refractivity contribution in [2.45, 2.75) is 20.3 Å². The molecule has 1 amide bonds. The van der Waals surface area contributed by atoms with Crippen LogP contribution in [0.25, 0.3) is 16.8 Å². The van der Waals surface area contributed by atoms with Crippen molar-refractivity contribution in [3.05, 3.63) is 94.7 Å². The van der Waals surface area contributed by atoms with Gasteiger partial charge in [0.15, 0.2) is 0 Å². The van der Waals surface area contributed by atoms with Crippen LogP contribution in [0.15, 0.2) is 78.0 Å². The Morgan fingerprint density at radius 2 is 1.94 bits per heavy atom. The lowest BCUT2D eigenvalue weighted by Gasteiger charge is -2.10. The van der Waals surface area contributed by atoms with Crippen molar-refractivity contribution in [1.82, 2.24) is 20.0 Å². The average molecular weight is 444 g/mol. The van der Waals surface area contributed by atoms with Crippen LogP contribution in [-0.4, -0.2) is 32.7 Å². The van der Waals surface area contributed by atoms with E-state index in [4.69, 9.17) is 4.74 Å². The molecule has 4 aromatic rings. The van der Waals surface area contributed by atoms with E-state index in [1.165, 1.54) is 6.07 Å². The summed E-state index contributed by atoms with van der Waals surface area (Å²) in [7, 11) is 0. The van der Waals surface area contributed by atoms with Crippen molar-refractivity contribution < 1.29 is 9.53 Å². The number of hydrogen-bond donors (Lipinski definition) is 2. The molecule has 0 bridgehead atoms. The maximum absolute atomic E-state index is 12.5. The number of anilines is 1. The summed E-state index contributed by atoms with van der Waals surface area (Å²) in [4.78, 5) is 24.4. The van der Waals surface area contributed by atoms with Gasteiger partial charge in [0.2, 0.25) is 5.43 Å². The first kappa shape index (κ1) is 22.0. The molecule has 0 fully saturated rings. The summed E-state index contributed by atoms with van der Waals surface area (Å²) in [5, 5.41) is 14.0. The molecule has 0 atom stereocenters. The van der Waals surface area contributed by atoms with Crippen molar-refractivity contribution in [2.75, 3.05) is 11.9 Å². The highest BCUT2D eigenvalue weighted by atomic mass is 16.5. The number of ether oxygens (including phenoxy) is 1. The summed E-state index contributed by atoms with van der Waals surface area (Å²) in [6.45, 7) is 4.30. The molecule has 2 aromatic carbocycles. The van der Waals surface area contributed by atoms with Gasteiger partial charge in [0.05, 0.1) is 18.5 Å². The Balaban J connectivity index is 1.49. The Morgan fingerprint density at radius 1 is 1.12 bits per heavy atom. The topological polar surface area (TPSA) is 102 Å². The number of H-pyrrole nitrogens is 1. The molecule has 0 aliphatic rings. The lowest BCUT2D eigenvalue weighted by atomic mass is 10.1. The van der Waals surface area contributed by atoms with Gasteiger partial charge in [0.1, 0.15) is 5.69 Å². The fourth-order valence-corrected chi connectivity index (χ4v) is 3.28. The summed E-state index contributed by atoms with van der Waals surface area (Å²) < 4.78 is 6.84. The van der Waals surface area contributed by atoms with E-state index in [0.29, 0.717) is 24.4 Å². The van der Waals surface area contributed by atoms with E-state index in [-0.39, 0.29) is 11.3 Å². The van der Waals surface area contributed by atoms with Gasteiger partial charge in [-0.25, -0.2) is 9.48 Å². The van der Waals surface area contributed by atoms with Crippen LogP contribution in [0.2, 0.25) is 0 Å². The van der Waals surface area contributed by atoms with Gasteiger partial charge in [-0.2, -0.15) is 10.2 Å². The van der Waals surface area contributed by atoms with Crippen LogP contribution in [0, 0.1) is 5.92 Å². The third-order valence-corrected chi connectivity index (χ3v) is 4.94. The molecule has 8 heteroatoms. The van der Waals surface area contributed by atoms with E-state index >= 15 is 0 Å². The molecule has 0 saturated carbocycles. The van der Waals surface area contributed by atoms with Crippen molar-refractivity contribution >= 4 is 11.8 Å². The maximum Gasteiger partial charge on any atom is 0.411 e. The number of amides is 1. The first-order chi connectivity index (χ1) is 16.0. The number of rotatable bonds is 7. The molecular formula is C25H25N5O3. The largest absolute Gasteiger partial charge is 0.449 e. The standard InChI is InChI=1S/C25H25N5O3/c1-17(2)16-33-25(32)28-21-5-3-4-18(12-21)13-23-24(31)10-11-30(29-23)22-8-6-19(7-9-22)20-14-26-27-15-20/h3-12,14-15,17H,13,16H2,1-2H3,(H,26,27)(H,28,32). The molecular weight excluding hydrogens is 418 g/mol. The maximum atomic E-state index is 12.5. The summed E-state index contributed by atoms with van der Waals surface area (Å²) in [6, 6.07) is 16.7. The molecule has 4 rings (SSSR count). The van der Waals surface area contributed by atoms with Crippen LogP contribution in [-0.2, 0) is 11.2 Å². The lowest BCUT2D eigenvalue weighted by molar-refractivity contribution is 0.147. The third kappa shape index (κ3) is 5.74. The monoisotopic (exact) mass is 443 g/mol. The van der Waals surface area contributed by atoms with Gasteiger partial charge in [-0.3, -0.25) is 15.2 Å². The first-order valence-corrected chi connectivity index (χ1v) is 10.7. The van der Waals surface area contributed by atoms with Crippen molar-refractivity contribution in [1.29, 1.82) is 0 Å². The van der Waals surface area contributed by atoms with Gasteiger partial charge in [0, 0.05) is 36.1 Å². The molecule has 0 radical (unpaired) electrons.